The van der Waals surface area contributed by atoms with E-state index < -0.39 is 29.5 Å². The van der Waals surface area contributed by atoms with Crippen LogP contribution in [0.3, 0.4) is 0 Å². The molecule has 0 saturated heterocycles. The van der Waals surface area contributed by atoms with E-state index in [9.17, 15) is 26.7 Å². The summed E-state index contributed by atoms with van der Waals surface area (Å²) in [5.74, 6) is -5.04. The number of nitrogens with one attached hydrogen (secondary N) is 1. The summed E-state index contributed by atoms with van der Waals surface area (Å²) < 4.78 is 70.8. The molecule has 1 aromatic heterocycles. The van der Waals surface area contributed by atoms with E-state index >= 15 is 0 Å². The van der Waals surface area contributed by atoms with Gasteiger partial charge in [0.2, 0.25) is 0 Å². The highest BCUT2D eigenvalue weighted by Gasteiger charge is 2.61. The number of hydrogen-bond donors (Lipinski definition) is 1. The quantitative estimate of drug-likeness (QED) is 0.398. The predicted octanol–water partition coefficient (Wildman–Crippen LogP) is 5.85. The van der Waals surface area contributed by atoms with E-state index in [4.69, 9.17) is 4.74 Å². The molecule has 0 atom stereocenters. The summed E-state index contributed by atoms with van der Waals surface area (Å²) in [4.78, 5) is 11.9. The first-order valence-electron chi connectivity index (χ1n) is 8.37. The molecule has 0 aliphatic heterocycles. The number of carbonyl (C=O) groups excluding carboxylic acids is 1. The molecular weight excluding hydrogens is 512 g/mol. The van der Waals surface area contributed by atoms with Gasteiger partial charge in [0.1, 0.15) is 5.60 Å². The maximum Gasteiger partial charge on any atom is 0.459 e. The number of benzene rings is 1. The lowest BCUT2D eigenvalue weighted by Gasteiger charge is -2.20. The molecule has 1 N–H and O–H groups in total. The highest BCUT2D eigenvalue weighted by Crippen LogP contribution is 2.44. The molecule has 2 rings (SSSR count). The smallest absolute Gasteiger partial charge is 0.444 e. The number of hydrogen-bond acceptors (Lipinski definition) is 3. The van der Waals surface area contributed by atoms with Crippen LogP contribution in [0.4, 0.5) is 32.4 Å². The zero-order chi connectivity index (χ0) is 22.2. The fourth-order valence-electron chi connectivity index (χ4n) is 2.39. The lowest BCUT2D eigenvalue weighted by molar-refractivity contribution is -0.291. The summed E-state index contributed by atoms with van der Waals surface area (Å²) in [5.41, 5.74) is -0.229. The minimum atomic E-state index is -5.72. The molecule has 0 fully saturated rings. The van der Waals surface area contributed by atoms with Crippen molar-refractivity contribution >= 4 is 34.4 Å². The summed E-state index contributed by atoms with van der Waals surface area (Å²) >= 11 is 1.40. The van der Waals surface area contributed by atoms with Gasteiger partial charge in [-0.1, -0.05) is 12.1 Å². The Bertz CT molecular complexity index is 904. The van der Waals surface area contributed by atoms with Crippen LogP contribution in [-0.2, 0) is 17.2 Å². The van der Waals surface area contributed by atoms with E-state index in [1.54, 1.807) is 45.9 Å². The maximum atomic E-state index is 13.6. The van der Waals surface area contributed by atoms with Crippen molar-refractivity contribution in [3.8, 4) is 0 Å². The molecule has 0 saturated carbocycles. The fraction of sp³-hybridized carbons (Fsp3) is 0.444. The topological polar surface area (TPSA) is 56.2 Å². The van der Waals surface area contributed by atoms with E-state index in [2.05, 4.69) is 10.4 Å². The molecule has 0 unspecified atom stereocenters. The van der Waals surface area contributed by atoms with Crippen LogP contribution in [0, 0.1) is 10.5 Å². The average molecular weight is 531 g/mol. The molecule has 0 radical (unpaired) electrons. The van der Waals surface area contributed by atoms with Crippen molar-refractivity contribution in [1.29, 1.82) is 0 Å². The molecular formula is C18H19F5IN3O2. The van der Waals surface area contributed by atoms with Gasteiger partial charge in [-0.25, -0.2) is 4.79 Å². The van der Waals surface area contributed by atoms with E-state index in [1.165, 1.54) is 22.6 Å². The van der Waals surface area contributed by atoms with Crippen LogP contribution in [0.15, 0.2) is 24.4 Å². The van der Waals surface area contributed by atoms with Gasteiger partial charge >= 0.3 is 18.2 Å². The lowest BCUT2D eigenvalue weighted by atomic mass is 10.1. The van der Waals surface area contributed by atoms with Crippen LogP contribution in [0.25, 0.3) is 0 Å². The zero-order valence-electron chi connectivity index (χ0n) is 16.0. The maximum absolute atomic E-state index is 13.6. The number of amides is 1. The number of aryl methyl sites for hydroxylation is 1. The standard InChI is InChI=1S/C18H19F5IN3O2/c1-10-7-11(5-6-13(10)25-15(28)29-16(2,3)4)8-27-9-12(24)14(26-27)17(19,20)18(21,22)23/h5-7,9H,8H2,1-4H3,(H,25,28). The van der Waals surface area contributed by atoms with Gasteiger partial charge in [-0.05, 0) is 67.5 Å². The average Bonchev–Trinajstić information content (AvgIpc) is 2.88. The van der Waals surface area contributed by atoms with Crippen LogP contribution in [-0.4, -0.2) is 27.7 Å². The molecule has 2 aromatic rings. The van der Waals surface area contributed by atoms with Gasteiger partial charge in [0, 0.05) is 11.9 Å². The molecule has 0 aliphatic rings. The highest BCUT2D eigenvalue weighted by atomic mass is 127. The second-order valence-corrected chi connectivity index (χ2v) is 8.53. The molecule has 11 heteroatoms. The minimum absolute atomic E-state index is 0.0164. The van der Waals surface area contributed by atoms with Crippen LogP contribution >= 0.6 is 22.6 Å². The number of rotatable bonds is 4. The van der Waals surface area contributed by atoms with Crippen molar-refractivity contribution in [2.75, 3.05) is 5.32 Å². The number of nitrogens with zero attached hydrogens (tertiary/aromatic N) is 2. The Morgan fingerprint density at radius 1 is 1.21 bits per heavy atom. The summed E-state index contributed by atoms with van der Waals surface area (Å²) in [6.07, 6.45) is -5.23. The van der Waals surface area contributed by atoms with Gasteiger partial charge < -0.3 is 4.74 Å². The number of aromatic nitrogens is 2. The molecule has 5 nitrogen and oxygen atoms in total. The normalized spacial score (nSPS) is 12.8. The second kappa shape index (κ2) is 8.07. The number of halogens is 6. The Balaban J connectivity index is 2.17. The third-order valence-corrected chi connectivity index (χ3v) is 4.43. The summed E-state index contributed by atoms with van der Waals surface area (Å²) in [7, 11) is 0. The molecule has 0 bridgehead atoms. The first-order chi connectivity index (χ1) is 13.1. The van der Waals surface area contributed by atoms with Crippen molar-refractivity contribution in [3.05, 3.63) is 44.8 Å². The SMILES string of the molecule is Cc1cc(Cn2cc(I)c(C(F)(F)C(F)(F)F)n2)ccc1NC(=O)OC(C)(C)C. The molecule has 29 heavy (non-hydrogen) atoms. The molecule has 1 amide bonds. The van der Waals surface area contributed by atoms with Gasteiger partial charge in [0.25, 0.3) is 0 Å². The molecule has 1 heterocycles. The number of ether oxygens (including phenoxy) is 1. The monoisotopic (exact) mass is 531 g/mol. The van der Waals surface area contributed by atoms with E-state index in [1.807, 2.05) is 0 Å². The van der Waals surface area contributed by atoms with Crippen molar-refractivity contribution < 1.29 is 31.5 Å². The Labute approximate surface area is 177 Å². The summed E-state index contributed by atoms with van der Waals surface area (Å²) in [6, 6.07) is 4.87. The minimum Gasteiger partial charge on any atom is -0.444 e. The second-order valence-electron chi connectivity index (χ2n) is 7.37. The van der Waals surface area contributed by atoms with E-state index in [-0.39, 0.29) is 10.1 Å². The van der Waals surface area contributed by atoms with Gasteiger partial charge in [0.05, 0.1) is 10.1 Å². The van der Waals surface area contributed by atoms with Crippen molar-refractivity contribution in [2.45, 2.75) is 51.9 Å². The third kappa shape index (κ3) is 5.80. The molecule has 0 aliphatic carbocycles. The Morgan fingerprint density at radius 2 is 1.83 bits per heavy atom. The fourth-order valence-corrected chi connectivity index (χ4v) is 3.16. The van der Waals surface area contributed by atoms with Gasteiger partial charge in [0.15, 0.2) is 5.69 Å². The molecule has 0 spiro atoms. The number of alkyl halides is 5. The summed E-state index contributed by atoms with van der Waals surface area (Å²) in [5, 5.41) is 6.03. The van der Waals surface area contributed by atoms with Crippen LogP contribution in [0.2, 0.25) is 0 Å². The Kier molecular flexibility index (Phi) is 6.50. The summed E-state index contributed by atoms with van der Waals surface area (Å²) in [6.45, 7) is 6.88. The predicted molar refractivity (Wildman–Crippen MR) is 105 cm³/mol. The van der Waals surface area contributed by atoms with Crippen molar-refractivity contribution in [2.24, 2.45) is 0 Å². The lowest BCUT2D eigenvalue weighted by Crippen LogP contribution is -2.34. The largest absolute Gasteiger partial charge is 0.459 e. The third-order valence-electron chi connectivity index (χ3n) is 3.64. The highest BCUT2D eigenvalue weighted by molar-refractivity contribution is 14.1. The molecule has 1 aromatic carbocycles. The first kappa shape index (κ1) is 23.4. The van der Waals surface area contributed by atoms with Crippen molar-refractivity contribution in [1.82, 2.24) is 9.78 Å². The van der Waals surface area contributed by atoms with Crippen molar-refractivity contribution in [3.63, 3.8) is 0 Å². The Hall–Kier alpha value is -1.92. The molecule has 160 valence electrons. The van der Waals surface area contributed by atoms with E-state index in [0.717, 1.165) is 10.9 Å². The van der Waals surface area contributed by atoms with Gasteiger partial charge in [-0.3, -0.25) is 10.00 Å². The van der Waals surface area contributed by atoms with Crippen LogP contribution < -0.4 is 5.32 Å². The first-order valence-corrected chi connectivity index (χ1v) is 9.45. The van der Waals surface area contributed by atoms with Crippen LogP contribution in [0.5, 0.6) is 0 Å². The van der Waals surface area contributed by atoms with E-state index in [0.29, 0.717) is 16.8 Å². The van der Waals surface area contributed by atoms with Crippen LogP contribution in [0.1, 0.15) is 37.6 Å². The Morgan fingerprint density at radius 3 is 2.34 bits per heavy atom. The zero-order valence-corrected chi connectivity index (χ0v) is 18.2. The number of anilines is 1. The number of carbonyl (C=O) groups is 1. The van der Waals surface area contributed by atoms with Gasteiger partial charge in [-0.2, -0.15) is 27.1 Å². The van der Waals surface area contributed by atoms with Gasteiger partial charge in [-0.15, -0.1) is 0 Å².